The number of amides is 2. The highest BCUT2D eigenvalue weighted by Crippen LogP contribution is 2.54. The molecule has 6 nitrogen and oxygen atoms in total. The van der Waals surface area contributed by atoms with Crippen LogP contribution >= 0.6 is 0 Å². The molecule has 27 heavy (non-hydrogen) atoms. The van der Waals surface area contributed by atoms with Gasteiger partial charge >= 0.3 is 6.03 Å². The Labute approximate surface area is 157 Å². The summed E-state index contributed by atoms with van der Waals surface area (Å²) in [4.78, 5) is 18.5. The zero-order valence-corrected chi connectivity index (χ0v) is 15.4. The molecule has 6 rings (SSSR count). The van der Waals surface area contributed by atoms with Crippen molar-refractivity contribution in [2.24, 2.45) is 0 Å². The summed E-state index contributed by atoms with van der Waals surface area (Å²) in [5, 5.41) is 12.2. The molecule has 3 aliphatic rings. The Bertz CT molecular complexity index is 1070. The molecule has 0 unspecified atom stereocenters. The van der Waals surface area contributed by atoms with Crippen LogP contribution in [-0.4, -0.2) is 32.2 Å². The van der Waals surface area contributed by atoms with Gasteiger partial charge in [-0.3, -0.25) is 5.10 Å². The van der Waals surface area contributed by atoms with E-state index in [2.05, 4.69) is 51.7 Å². The number of benzene rings is 1. The van der Waals surface area contributed by atoms with Gasteiger partial charge in [-0.15, -0.1) is 0 Å². The number of rotatable bonds is 2. The molecular formula is C21H23N5O. The Balaban J connectivity index is 1.43. The van der Waals surface area contributed by atoms with Crippen LogP contribution in [0, 0.1) is 6.92 Å². The minimum atomic E-state index is -0.191. The topological polar surface area (TPSA) is 76.8 Å². The average molecular weight is 361 g/mol. The highest BCUT2D eigenvalue weighted by atomic mass is 16.2. The van der Waals surface area contributed by atoms with E-state index in [4.69, 9.17) is 0 Å². The molecule has 3 heterocycles. The van der Waals surface area contributed by atoms with E-state index in [1.807, 2.05) is 4.90 Å². The van der Waals surface area contributed by atoms with E-state index in [0.717, 1.165) is 54.7 Å². The molecule has 0 bridgehead atoms. The summed E-state index contributed by atoms with van der Waals surface area (Å²) in [6, 6.07) is 9.08. The van der Waals surface area contributed by atoms with Gasteiger partial charge in [-0.2, -0.15) is 5.10 Å². The first-order valence-corrected chi connectivity index (χ1v) is 9.90. The lowest BCUT2D eigenvalue weighted by atomic mass is 9.71. The maximum absolute atomic E-state index is 12.9. The van der Waals surface area contributed by atoms with Crippen LogP contribution in [0.5, 0.6) is 0 Å². The van der Waals surface area contributed by atoms with E-state index in [1.165, 1.54) is 16.5 Å². The van der Waals surface area contributed by atoms with Gasteiger partial charge in [0.1, 0.15) is 5.69 Å². The first-order valence-electron chi connectivity index (χ1n) is 9.90. The summed E-state index contributed by atoms with van der Waals surface area (Å²) in [5.74, 6) is 0. The van der Waals surface area contributed by atoms with Gasteiger partial charge in [-0.05, 0) is 56.7 Å². The van der Waals surface area contributed by atoms with Crippen LogP contribution in [0.3, 0.4) is 0 Å². The molecule has 138 valence electrons. The van der Waals surface area contributed by atoms with Crippen molar-refractivity contribution in [2.45, 2.75) is 57.2 Å². The van der Waals surface area contributed by atoms with Crippen LogP contribution < -0.4 is 5.32 Å². The Morgan fingerprint density at radius 1 is 1.30 bits per heavy atom. The number of carbonyl (C=O) groups excluding carboxylic acids is 1. The summed E-state index contributed by atoms with van der Waals surface area (Å²) in [7, 11) is 0. The first kappa shape index (κ1) is 15.3. The minimum absolute atomic E-state index is 0.0834. The van der Waals surface area contributed by atoms with E-state index in [0.29, 0.717) is 12.6 Å². The molecule has 1 spiro atoms. The Hall–Kier alpha value is -2.76. The van der Waals surface area contributed by atoms with Gasteiger partial charge in [-0.25, -0.2) is 4.79 Å². The highest BCUT2D eigenvalue weighted by Gasteiger charge is 2.54. The van der Waals surface area contributed by atoms with E-state index in [-0.39, 0.29) is 11.6 Å². The van der Waals surface area contributed by atoms with E-state index >= 15 is 0 Å². The number of H-pyrrole nitrogens is 2. The quantitative estimate of drug-likeness (QED) is 0.647. The van der Waals surface area contributed by atoms with Gasteiger partial charge in [0, 0.05) is 22.5 Å². The van der Waals surface area contributed by atoms with Gasteiger partial charge in [0.25, 0.3) is 0 Å². The molecule has 6 heteroatoms. The second-order valence-electron chi connectivity index (χ2n) is 8.39. The molecule has 2 aliphatic carbocycles. The first-order chi connectivity index (χ1) is 13.1. The SMILES string of the molecule is Cc1ccc2cc(-c3n[nH]c4c3C3(CCC3)N(C(=O)NC3CC3)C4)[nH]c2c1. The lowest BCUT2D eigenvalue weighted by Gasteiger charge is -2.46. The monoisotopic (exact) mass is 361 g/mol. The summed E-state index contributed by atoms with van der Waals surface area (Å²) >= 11 is 0. The molecule has 1 aromatic carbocycles. The van der Waals surface area contributed by atoms with Gasteiger partial charge < -0.3 is 15.2 Å². The van der Waals surface area contributed by atoms with Gasteiger partial charge in [0.15, 0.2) is 0 Å². The van der Waals surface area contributed by atoms with Crippen molar-refractivity contribution in [3.63, 3.8) is 0 Å². The van der Waals surface area contributed by atoms with E-state index in [9.17, 15) is 4.79 Å². The predicted molar refractivity (Wildman–Crippen MR) is 103 cm³/mol. The zero-order valence-electron chi connectivity index (χ0n) is 15.4. The average Bonchev–Trinajstić information content (AvgIpc) is 3.05. The molecule has 1 aliphatic heterocycles. The maximum atomic E-state index is 12.9. The normalized spacial score (nSPS) is 20.1. The number of aromatic nitrogens is 3. The third-order valence-electron chi connectivity index (χ3n) is 6.50. The molecule has 2 fully saturated rings. The molecule has 3 aromatic rings. The molecule has 0 saturated heterocycles. The van der Waals surface area contributed by atoms with Crippen molar-refractivity contribution in [3.8, 4) is 11.4 Å². The zero-order chi connectivity index (χ0) is 18.2. The minimum Gasteiger partial charge on any atom is -0.353 e. The molecule has 0 radical (unpaired) electrons. The van der Waals surface area contributed by atoms with Crippen LogP contribution in [0.4, 0.5) is 4.79 Å². The number of nitrogens with one attached hydrogen (secondary N) is 3. The molecule has 0 atom stereocenters. The molecular weight excluding hydrogens is 338 g/mol. The lowest BCUT2D eigenvalue weighted by molar-refractivity contribution is 0.0556. The van der Waals surface area contributed by atoms with Gasteiger partial charge in [-0.1, -0.05) is 12.1 Å². The summed E-state index contributed by atoms with van der Waals surface area (Å²) < 4.78 is 0. The summed E-state index contributed by atoms with van der Waals surface area (Å²) in [5.41, 5.74) is 6.49. The molecule has 3 N–H and O–H groups in total. The van der Waals surface area contributed by atoms with E-state index < -0.39 is 0 Å². The van der Waals surface area contributed by atoms with Gasteiger partial charge in [0.05, 0.1) is 23.5 Å². The van der Waals surface area contributed by atoms with E-state index in [1.54, 1.807) is 0 Å². The van der Waals surface area contributed by atoms with Crippen LogP contribution in [0.25, 0.3) is 22.3 Å². The summed E-state index contributed by atoms with van der Waals surface area (Å²) in [6.07, 6.45) is 5.41. The number of nitrogens with zero attached hydrogens (tertiary/aromatic N) is 2. The van der Waals surface area contributed by atoms with Crippen molar-refractivity contribution in [2.75, 3.05) is 0 Å². The van der Waals surface area contributed by atoms with Crippen molar-refractivity contribution in [1.82, 2.24) is 25.4 Å². The Kier molecular flexibility index (Phi) is 2.92. The molecule has 2 saturated carbocycles. The Morgan fingerprint density at radius 2 is 2.15 bits per heavy atom. The smallest absolute Gasteiger partial charge is 0.318 e. The van der Waals surface area contributed by atoms with Gasteiger partial charge in [0.2, 0.25) is 0 Å². The second-order valence-corrected chi connectivity index (χ2v) is 8.39. The van der Waals surface area contributed by atoms with Crippen molar-refractivity contribution < 1.29 is 4.79 Å². The lowest BCUT2D eigenvalue weighted by Crippen LogP contribution is -2.53. The highest BCUT2D eigenvalue weighted by molar-refractivity contribution is 5.87. The number of carbonyl (C=O) groups is 1. The third-order valence-corrected chi connectivity index (χ3v) is 6.50. The summed E-state index contributed by atoms with van der Waals surface area (Å²) in [6.45, 7) is 2.73. The largest absolute Gasteiger partial charge is 0.353 e. The van der Waals surface area contributed by atoms with Crippen molar-refractivity contribution in [3.05, 3.63) is 41.1 Å². The number of fused-ring (bicyclic) bond motifs is 3. The van der Waals surface area contributed by atoms with Crippen LogP contribution in [-0.2, 0) is 12.1 Å². The fourth-order valence-corrected chi connectivity index (χ4v) is 4.78. The van der Waals surface area contributed by atoms with Crippen LogP contribution in [0.15, 0.2) is 24.3 Å². The number of hydrogen-bond donors (Lipinski definition) is 3. The Morgan fingerprint density at radius 3 is 2.89 bits per heavy atom. The standard InChI is InChI=1S/C21H23N5O/c1-12-3-4-13-10-16(23-15(13)9-12)19-18-17(24-25-19)11-26(21(18)7-2-8-21)20(27)22-14-5-6-14/h3-4,9-10,14,23H,2,5-8,11H2,1H3,(H,22,27)(H,24,25). The second kappa shape index (κ2) is 5.15. The van der Waals surface area contributed by atoms with Crippen LogP contribution in [0.2, 0.25) is 0 Å². The maximum Gasteiger partial charge on any atom is 0.318 e. The number of hydrogen-bond acceptors (Lipinski definition) is 2. The fourth-order valence-electron chi connectivity index (χ4n) is 4.78. The molecule has 2 aromatic heterocycles. The van der Waals surface area contributed by atoms with Crippen molar-refractivity contribution in [1.29, 1.82) is 0 Å². The number of urea groups is 1. The number of aromatic amines is 2. The third kappa shape index (κ3) is 2.13. The fraction of sp³-hybridized carbons (Fsp3) is 0.429. The number of aryl methyl sites for hydroxylation is 1. The predicted octanol–water partition coefficient (Wildman–Crippen LogP) is 3.93. The molecule has 2 amide bonds. The van der Waals surface area contributed by atoms with Crippen LogP contribution in [0.1, 0.15) is 48.9 Å². The van der Waals surface area contributed by atoms with Crippen molar-refractivity contribution >= 4 is 16.9 Å².